The quantitative estimate of drug-likeness (QED) is 0.771. The number of pyridine rings is 1. The summed E-state index contributed by atoms with van der Waals surface area (Å²) in [4.78, 5) is 4.26. The van der Waals surface area contributed by atoms with Gasteiger partial charge in [-0.25, -0.2) is 0 Å². The molecule has 2 heteroatoms. The predicted molar refractivity (Wildman–Crippen MR) is 55.4 cm³/mol. The molecule has 0 aliphatic carbocycles. The van der Waals surface area contributed by atoms with Crippen molar-refractivity contribution in [1.82, 2.24) is 4.98 Å². The van der Waals surface area contributed by atoms with E-state index in [4.69, 9.17) is 5.73 Å². The van der Waals surface area contributed by atoms with E-state index in [9.17, 15) is 0 Å². The van der Waals surface area contributed by atoms with E-state index >= 15 is 0 Å². The molecule has 0 atom stereocenters. The minimum Gasteiger partial charge on any atom is -0.321 e. The van der Waals surface area contributed by atoms with Crippen molar-refractivity contribution < 1.29 is 0 Å². The van der Waals surface area contributed by atoms with Crippen LogP contribution in [0.15, 0.2) is 18.3 Å². The van der Waals surface area contributed by atoms with Crippen LogP contribution < -0.4 is 5.73 Å². The fourth-order valence-corrected chi connectivity index (χ4v) is 1.42. The van der Waals surface area contributed by atoms with Gasteiger partial charge in [0.15, 0.2) is 0 Å². The molecule has 1 aromatic rings. The lowest BCUT2D eigenvalue weighted by atomic mass is 9.87. The van der Waals surface area contributed by atoms with Crippen LogP contribution in [0.2, 0.25) is 0 Å². The first-order valence-corrected chi connectivity index (χ1v) is 4.84. The lowest BCUT2D eigenvalue weighted by Gasteiger charge is -2.26. The van der Waals surface area contributed by atoms with Gasteiger partial charge in [0, 0.05) is 17.4 Å². The Balaban J connectivity index is 2.99. The van der Waals surface area contributed by atoms with E-state index in [1.165, 1.54) is 0 Å². The van der Waals surface area contributed by atoms with E-state index in [1.807, 2.05) is 19.2 Å². The Labute approximate surface area is 80.2 Å². The first-order chi connectivity index (χ1) is 6.12. The van der Waals surface area contributed by atoms with Crippen LogP contribution in [-0.4, -0.2) is 4.98 Å². The van der Waals surface area contributed by atoms with Gasteiger partial charge in [-0.3, -0.25) is 4.98 Å². The monoisotopic (exact) mass is 178 g/mol. The second-order valence-electron chi connectivity index (χ2n) is 3.55. The zero-order valence-electron chi connectivity index (χ0n) is 8.67. The Morgan fingerprint density at radius 3 is 2.31 bits per heavy atom. The molecule has 0 aliphatic heterocycles. The summed E-state index contributed by atoms with van der Waals surface area (Å²) in [6, 6.07) is 4.09. The van der Waals surface area contributed by atoms with Gasteiger partial charge in [-0.15, -0.1) is 0 Å². The average molecular weight is 178 g/mol. The molecule has 1 heterocycles. The van der Waals surface area contributed by atoms with Crippen LogP contribution in [0.4, 0.5) is 0 Å². The molecule has 0 fully saturated rings. The summed E-state index contributed by atoms with van der Waals surface area (Å²) < 4.78 is 0. The summed E-state index contributed by atoms with van der Waals surface area (Å²) in [5.41, 5.74) is 8.22. The highest BCUT2D eigenvalue weighted by Gasteiger charge is 2.22. The van der Waals surface area contributed by atoms with Crippen molar-refractivity contribution >= 4 is 0 Å². The lowest BCUT2D eigenvalue weighted by molar-refractivity contribution is 0.411. The average Bonchev–Trinajstić information content (AvgIpc) is 2.18. The van der Waals surface area contributed by atoms with Gasteiger partial charge in [0.05, 0.1) is 0 Å². The Morgan fingerprint density at radius 1 is 1.31 bits per heavy atom. The summed E-state index contributed by atoms with van der Waals surface area (Å²) in [5, 5.41) is 0. The molecule has 72 valence electrons. The number of aromatic nitrogens is 1. The van der Waals surface area contributed by atoms with Crippen molar-refractivity contribution in [2.75, 3.05) is 0 Å². The van der Waals surface area contributed by atoms with E-state index in [2.05, 4.69) is 24.9 Å². The van der Waals surface area contributed by atoms with Gasteiger partial charge >= 0.3 is 0 Å². The van der Waals surface area contributed by atoms with Gasteiger partial charge in [0.1, 0.15) is 0 Å². The number of hydrogen-bond acceptors (Lipinski definition) is 2. The molecule has 0 radical (unpaired) electrons. The van der Waals surface area contributed by atoms with E-state index in [0.29, 0.717) is 0 Å². The van der Waals surface area contributed by atoms with E-state index in [-0.39, 0.29) is 5.54 Å². The van der Waals surface area contributed by atoms with Crippen molar-refractivity contribution in [3.63, 3.8) is 0 Å². The highest BCUT2D eigenvalue weighted by atomic mass is 14.8. The third kappa shape index (κ3) is 2.07. The van der Waals surface area contributed by atoms with E-state index in [1.54, 1.807) is 0 Å². The van der Waals surface area contributed by atoms with Gasteiger partial charge in [0.2, 0.25) is 0 Å². The maximum Gasteiger partial charge on any atom is 0.0419 e. The minimum absolute atomic E-state index is 0.194. The SMILES string of the molecule is CCC(N)(CC)c1ccc(C)nc1. The third-order valence-electron chi connectivity index (χ3n) is 2.75. The summed E-state index contributed by atoms with van der Waals surface area (Å²) in [6.45, 7) is 6.21. The molecule has 0 unspecified atom stereocenters. The Hall–Kier alpha value is -0.890. The van der Waals surface area contributed by atoms with Crippen molar-refractivity contribution in [3.05, 3.63) is 29.6 Å². The van der Waals surface area contributed by atoms with Crippen LogP contribution in [0.1, 0.15) is 37.9 Å². The van der Waals surface area contributed by atoms with Gasteiger partial charge < -0.3 is 5.73 Å². The molecule has 0 amide bonds. The van der Waals surface area contributed by atoms with Gasteiger partial charge in [-0.1, -0.05) is 19.9 Å². The zero-order valence-corrected chi connectivity index (χ0v) is 8.67. The molecule has 0 aliphatic rings. The first-order valence-electron chi connectivity index (χ1n) is 4.84. The maximum absolute atomic E-state index is 6.23. The summed E-state index contributed by atoms with van der Waals surface area (Å²) >= 11 is 0. The molecule has 0 saturated carbocycles. The molecule has 0 spiro atoms. The second kappa shape index (κ2) is 3.88. The molecule has 0 aromatic carbocycles. The molecule has 1 aromatic heterocycles. The Kier molecular flexibility index (Phi) is 3.04. The van der Waals surface area contributed by atoms with Crippen molar-refractivity contribution in [3.8, 4) is 0 Å². The predicted octanol–water partition coefficient (Wildman–Crippen LogP) is 2.36. The van der Waals surface area contributed by atoms with Crippen molar-refractivity contribution in [2.24, 2.45) is 5.73 Å². The van der Waals surface area contributed by atoms with Crippen molar-refractivity contribution in [2.45, 2.75) is 39.2 Å². The molecule has 0 saturated heterocycles. The molecule has 1 rings (SSSR count). The van der Waals surface area contributed by atoms with Crippen LogP contribution in [0.25, 0.3) is 0 Å². The van der Waals surface area contributed by atoms with Crippen molar-refractivity contribution in [1.29, 1.82) is 0 Å². The van der Waals surface area contributed by atoms with Gasteiger partial charge in [-0.2, -0.15) is 0 Å². The van der Waals surface area contributed by atoms with Crippen LogP contribution in [0.3, 0.4) is 0 Å². The molecular weight excluding hydrogens is 160 g/mol. The lowest BCUT2D eigenvalue weighted by Crippen LogP contribution is -2.35. The third-order valence-corrected chi connectivity index (χ3v) is 2.75. The number of aryl methyl sites for hydroxylation is 1. The summed E-state index contributed by atoms with van der Waals surface area (Å²) in [7, 11) is 0. The van der Waals surface area contributed by atoms with Crippen LogP contribution >= 0.6 is 0 Å². The first kappa shape index (κ1) is 10.2. The van der Waals surface area contributed by atoms with E-state index in [0.717, 1.165) is 24.1 Å². The number of hydrogen-bond donors (Lipinski definition) is 1. The largest absolute Gasteiger partial charge is 0.321 e. The highest BCUT2D eigenvalue weighted by Crippen LogP contribution is 2.24. The van der Waals surface area contributed by atoms with Crippen LogP contribution in [0, 0.1) is 6.92 Å². The summed E-state index contributed by atoms with van der Waals surface area (Å²) in [5.74, 6) is 0. The molecule has 2 N–H and O–H groups in total. The molecule has 0 bridgehead atoms. The molecular formula is C11H18N2. The van der Waals surface area contributed by atoms with Crippen LogP contribution in [-0.2, 0) is 5.54 Å². The smallest absolute Gasteiger partial charge is 0.0419 e. The minimum atomic E-state index is -0.194. The number of rotatable bonds is 3. The highest BCUT2D eigenvalue weighted by molar-refractivity contribution is 5.21. The standard InChI is InChI=1S/C11H18N2/c1-4-11(12,5-2)10-7-6-9(3)13-8-10/h6-8H,4-5,12H2,1-3H3. The zero-order chi connectivity index (χ0) is 9.90. The maximum atomic E-state index is 6.23. The van der Waals surface area contributed by atoms with E-state index < -0.39 is 0 Å². The summed E-state index contributed by atoms with van der Waals surface area (Å²) in [6.07, 6.45) is 3.80. The van der Waals surface area contributed by atoms with Crippen LogP contribution in [0.5, 0.6) is 0 Å². The van der Waals surface area contributed by atoms with Gasteiger partial charge in [-0.05, 0) is 31.4 Å². The molecule has 13 heavy (non-hydrogen) atoms. The second-order valence-corrected chi connectivity index (χ2v) is 3.55. The van der Waals surface area contributed by atoms with Gasteiger partial charge in [0.25, 0.3) is 0 Å². The topological polar surface area (TPSA) is 38.9 Å². The normalized spacial score (nSPS) is 11.7. The number of nitrogens with zero attached hydrogens (tertiary/aromatic N) is 1. The Morgan fingerprint density at radius 2 is 1.92 bits per heavy atom. The fraction of sp³-hybridized carbons (Fsp3) is 0.545. The number of nitrogens with two attached hydrogens (primary N) is 1. The molecule has 2 nitrogen and oxygen atoms in total. The Bertz CT molecular complexity index is 260. The fourth-order valence-electron chi connectivity index (χ4n) is 1.42.